The summed E-state index contributed by atoms with van der Waals surface area (Å²) in [5.74, 6) is -0.362. The third kappa shape index (κ3) is 6.61. The van der Waals surface area contributed by atoms with Gasteiger partial charge in [0, 0.05) is 31.0 Å². The molecule has 0 bridgehead atoms. The predicted octanol–water partition coefficient (Wildman–Crippen LogP) is 5.49. The minimum atomic E-state index is -0.834. The first-order chi connectivity index (χ1) is 18.4. The molecule has 2 atom stereocenters. The van der Waals surface area contributed by atoms with Crippen molar-refractivity contribution in [2.75, 3.05) is 14.2 Å². The van der Waals surface area contributed by atoms with Gasteiger partial charge in [-0.15, -0.1) is 22.7 Å². The van der Waals surface area contributed by atoms with E-state index in [9.17, 15) is 19.7 Å². The highest BCUT2D eigenvalue weighted by molar-refractivity contribution is 7.20. The number of nitrogens with zero attached hydrogens (tertiary/aromatic N) is 3. The maximum Gasteiger partial charge on any atom is 0.409 e. The van der Waals surface area contributed by atoms with E-state index in [-0.39, 0.29) is 11.6 Å². The molecule has 0 aliphatic rings. The normalized spacial score (nSPS) is 12.4. The molecule has 4 aromatic rings. The molecule has 0 aliphatic heterocycles. The Morgan fingerprint density at radius 3 is 2.37 bits per heavy atom. The van der Waals surface area contributed by atoms with Gasteiger partial charge in [-0.2, -0.15) is 0 Å². The van der Waals surface area contributed by atoms with Gasteiger partial charge in [0.25, 0.3) is 5.69 Å². The number of carbonyl (C=O) groups excluding carboxylic acids is 2. The predicted molar refractivity (Wildman–Crippen MR) is 147 cm³/mol. The Morgan fingerprint density at radius 2 is 1.74 bits per heavy atom. The number of nitro benzene ring substituents is 1. The standard InChI is InChI=1S/C27H26N4O5S2/c1-30(27(33)36-2)23(16-18-7-4-3-5-8-18)25(32)28-21(15-19-10-12-20(13-11-19)31(34)35)22-17-38-26(29-22)24-9-6-14-37-24/h3-14,17,21,23H,15-16H2,1-2H3,(H,28,32)/t21-,23-/m0/s1. The molecule has 0 spiro atoms. The average molecular weight is 551 g/mol. The van der Waals surface area contributed by atoms with Crippen LogP contribution in [0.2, 0.25) is 0 Å². The Labute approximate surface area is 227 Å². The number of hydrogen-bond donors (Lipinski definition) is 1. The lowest BCUT2D eigenvalue weighted by Crippen LogP contribution is -2.50. The molecule has 0 radical (unpaired) electrons. The summed E-state index contributed by atoms with van der Waals surface area (Å²) in [6.45, 7) is 0. The summed E-state index contributed by atoms with van der Waals surface area (Å²) in [5.41, 5.74) is 2.35. The minimum absolute atomic E-state index is 0.00870. The number of nitrogens with one attached hydrogen (secondary N) is 1. The van der Waals surface area contributed by atoms with Crippen molar-refractivity contribution in [1.29, 1.82) is 0 Å². The molecule has 196 valence electrons. The Balaban J connectivity index is 1.63. The number of thiazole rings is 1. The van der Waals surface area contributed by atoms with Crippen LogP contribution in [-0.2, 0) is 22.4 Å². The Morgan fingerprint density at radius 1 is 1.03 bits per heavy atom. The first-order valence-corrected chi connectivity index (χ1v) is 13.5. The molecule has 11 heteroatoms. The molecular formula is C27H26N4O5S2. The molecule has 2 heterocycles. The largest absolute Gasteiger partial charge is 0.453 e. The summed E-state index contributed by atoms with van der Waals surface area (Å²) in [5, 5.41) is 18.9. The topological polar surface area (TPSA) is 115 Å². The van der Waals surface area contributed by atoms with E-state index in [4.69, 9.17) is 9.72 Å². The highest BCUT2D eigenvalue weighted by atomic mass is 32.1. The summed E-state index contributed by atoms with van der Waals surface area (Å²) in [4.78, 5) is 43.8. The molecule has 1 N–H and O–H groups in total. The van der Waals surface area contributed by atoms with Crippen LogP contribution in [0.15, 0.2) is 77.5 Å². The van der Waals surface area contributed by atoms with E-state index >= 15 is 0 Å². The molecule has 2 aromatic carbocycles. The van der Waals surface area contributed by atoms with Crippen molar-refractivity contribution in [2.24, 2.45) is 0 Å². The van der Waals surface area contributed by atoms with Gasteiger partial charge in [0.15, 0.2) is 0 Å². The summed E-state index contributed by atoms with van der Waals surface area (Å²) < 4.78 is 4.88. The van der Waals surface area contributed by atoms with Gasteiger partial charge in [-0.05, 0) is 29.0 Å². The van der Waals surface area contributed by atoms with E-state index in [0.717, 1.165) is 21.0 Å². The van der Waals surface area contributed by atoms with Gasteiger partial charge in [0.1, 0.15) is 11.0 Å². The van der Waals surface area contributed by atoms with E-state index in [1.54, 1.807) is 23.5 Å². The SMILES string of the molecule is COC(=O)N(C)[C@@H](Cc1ccccc1)C(=O)N[C@@H](Cc1ccc([N+](=O)[O-])cc1)c1csc(-c2cccs2)n1. The van der Waals surface area contributed by atoms with Crippen LogP contribution in [0.25, 0.3) is 9.88 Å². The van der Waals surface area contributed by atoms with Gasteiger partial charge in [-0.3, -0.25) is 19.8 Å². The number of carbonyl (C=O) groups is 2. The number of ether oxygens (including phenoxy) is 1. The van der Waals surface area contributed by atoms with Crippen LogP contribution in [-0.4, -0.2) is 47.0 Å². The molecule has 9 nitrogen and oxygen atoms in total. The van der Waals surface area contributed by atoms with Crippen LogP contribution in [0.1, 0.15) is 22.9 Å². The number of benzene rings is 2. The van der Waals surface area contributed by atoms with Crippen LogP contribution in [0, 0.1) is 10.1 Å². The van der Waals surface area contributed by atoms with Crippen molar-refractivity contribution in [2.45, 2.75) is 24.9 Å². The number of rotatable bonds is 10. The lowest BCUT2D eigenvalue weighted by atomic mass is 10.0. The fourth-order valence-electron chi connectivity index (χ4n) is 3.96. The van der Waals surface area contributed by atoms with Crippen molar-refractivity contribution < 1.29 is 19.2 Å². The fraction of sp³-hybridized carbons (Fsp3) is 0.222. The molecule has 0 saturated heterocycles. The first-order valence-electron chi connectivity index (χ1n) is 11.7. The lowest BCUT2D eigenvalue weighted by Gasteiger charge is -2.28. The fourth-order valence-corrected chi connectivity index (χ4v) is 5.65. The first kappa shape index (κ1) is 27.0. The maximum absolute atomic E-state index is 13.7. The van der Waals surface area contributed by atoms with Gasteiger partial charge in [0.2, 0.25) is 5.91 Å². The second kappa shape index (κ2) is 12.4. The van der Waals surface area contributed by atoms with Crippen LogP contribution in [0.3, 0.4) is 0 Å². The molecule has 0 fully saturated rings. The van der Waals surface area contributed by atoms with Crippen LogP contribution < -0.4 is 5.32 Å². The quantitative estimate of drug-likeness (QED) is 0.206. The number of hydrogen-bond acceptors (Lipinski definition) is 8. The van der Waals surface area contributed by atoms with E-state index in [1.807, 2.05) is 53.2 Å². The molecule has 0 aliphatic carbocycles. The van der Waals surface area contributed by atoms with Gasteiger partial charge >= 0.3 is 6.09 Å². The number of likely N-dealkylation sites (N-methyl/N-ethyl adjacent to an activating group) is 1. The molecule has 2 amide bonds. The third-order valence-corrected chi connectivity index (χ3v) is 7.92. The van der Waals surface area contributed by atoms with Crippen molar-refractivity contribution in [3.8, 4) is 9.88 Å². The Kier molecular flexibility index (Phi) is 8.82. The monoisotopic (exact) mass is 550 g/mol. The van der Waals surface area contributed by atoms with E-state index in [2.05, 4.69) is 5.32 Å². The Bertz CT molecular complexity index is 1370. The number of methoxy groups -OCH3 is 1. The molecular weight excluding hydrogens is 524 g/mol. The van der Waals surface area contributed by atoms with Crippen molar-refractivity contribution in [3.05, 3.63) is 104 Å². The molecule has 0 unspecified atom stereocenters. The zero-order chi connectivity index (χ0) is 27.1. The second-order valence-electron chi connectivity index (χ2n) is 8.53. The van der Waals surface area contributed by atoms with Crippen LogP contribution in [0.4, 0.5) is 10.5 Å². The average Bonchev–Trinajstić information content (AvgIpc) is 3.64. The number of thiophene rings is 1. The van der Waals surface area contributed by atoms with Gasteiger partial charge in [-0.25, -0.2) is 9.78 Å². The molecule has 4 rings (SSSR count). The van der Waals surface area contributed by atoms with Crippen LogP contribution in [0.5, 0.6) is 0 Å². The molecule has 0 saturated carbocycles. The van der Waals surface area contributed by atoms with Crippen molar-refractivity contribution in [1.82, 2.24) is 15.2 Å². The van der Waals surface area contributed by atoms with Gasteiger partial charge < -0.3 is 10.1 Å². The van der Waals surface area contributed by atoms with Gasteiger partial charge in [0.05, 0.1) is 28.6 Å². The summed E-state index contributed by atoms with van der Waals surface area (Å²) in [7, 11) is 2.80. The second-order valence-corrected chi connectivity index (χ2v) is 10.3. The third-order valence-electron chi connectivity index (χ3n) is 6.02. The zero-order valence-electron chi connectivity index (χ0n) is 20.8. The maximum atomic E-state index is 13.7. The molecule has 38 heavy (non-hydrogen) atoms. The van der Waals surface area contributed by atoms with Crippen molar-refractivity contribution >= 4 is 40.4 Å². The smallest absolute Gasteiger partial charge is 0.409 e. The highest BCUT2D eigenvalue weighted by Gasteiger charge is 2.30. The molecule has 2 aromatic heterocycles. The van der Waals surface area contributed by atoms with E-state index in [0.29, 0.717) is 18.5 Å². The Hall–Kier alpha value is -4.09. The van der Waals surface area contributed by atoms with E-state index < -0.39 is 23.1 Å². The van der Waals surface area contributed by atoms with Crippen LogP contribution >= 0.6 is 22.7 Å². The number of amides is 2. The summed E-state index contributed by atoms with van der Waals surface area (Å²) in [6, 6.07) is 18.2. The summed E-state index contributed by atoms with van der Waals surface area (Å²) in [6.07, 6.45) is 0.0267. The zero-order valence-corrected chi connectivity index (χ0v) is 22.4. The number of nitro groups is 1. The minimum Gasteiger partial charge on any atom is -0.453 e. The van der Waals surface area contributed by atoms with E-state index in [1.165, 1.54) is 42.5 Å². The number of non-ortho nitro benzene ring substituents is 1. The number of aromatic nitrogens is 1. The highest BCUT2D eigenvalue weighted by Crippen LogP contribution is 2.31. The summed E-state index contributed by atoms with van der Waals surface area (Å²) >= 11 is 3.06. The van der Waals surface area contributed by atoms with Crippen molar-refractivity contribution in [3.63, 3.8) is 0 Å². The van der Waals surface area contributed by atoms with Gasteiger partial charge in [-0.1, -0.05) is 48.5 Å². The lowest BCUT2D eigenvalue weighted by molar-refractivity contribution is -0.384.